The van der Waals surface area contributed by atoms with Gasteiger partial charge < -0.3 is 10.5 Å². The Morgan fingerprint density at radius 1 is 1.33 bits per heavy atom. The SMILES string of the molecule is CCOc1ccccc1CN1CC(C)CC(N)C1. The average molecular weight is 248 g/mol. The minimum absolute atomic E-state index is 0.313. The Balaban J connectivity index is 2.04. The van der Waals surface area contributed by atoms with Gasteiger partial charge in [0, 0.05) is 31.2 Å². The van der Waals surface area contributed by atoms with Gasteiger partial charge in [-0.15, -0.1) is 0 Å². The van der Waals surface area contributed by atoms with Gasteiger partial charge in [0.25, 0.3) is 0 Å². The average Bonchev–Trinajstić information content (AvgIpc) is 2.30. The number of ether oxygens (including phenoxy) is 1. The molecule has 18 heavy (non-hydrogen) atoms. The van der Waals surface area contributed by atoms with E-state index in [2.05, 4.69) is 24.0 Å². The maximum Gasteiger partial charge on any atom is 0.123 e. The summed E-state index contributed by atoms with van der Waals surface area (Å²) in [6.07, 6.45) is 1.14. The number of para-hydroxylation sites is 1. The van der Waals surface area contributed by atoms with Gasteiger partial charge in [-0.1, -0.05) is 25.1 Å². The van der Waals surface area contributed by atoms with Crippen molar-refractivity contribution in [3.63, 3.8) is 0 Å². The standard InChI is InChI=1S/C15H24N2O/c1-3-18-15-7-5-4-6-13(15)10-17-9-12(2)8-14(16)11-17/h4-7,12,14H,3,8-11,16H2,1-2H3. The molecule has 0 bridgehead atoms. The first-order chi connectivity index (χ1) is 8.69. The number of nitrogens with zero attached hydrogens (tertiary/aromatic N) is 1. The molecule has 3 nitrogen and oxygen atoms in total. The molecule has 3 heteroatoms. The zero-order valence-corrected chi connectivity index (χ0v) is 11.4. The van der Waals surface area contributed by atoms with Gasteiger partial charge in [-0.3, -0.25) is 4.90 Å². The van der Waals surface area contributed by atoms with Gasteiger partial charge in [0.05, 0.1) is 6.61 Å². The second-order valence-electron chi connectivity index (χ2n) is 5.34. The third-order valence-electron chi connectivity index (χ3n) is 3.43. The third kappa shape index (κ3) is 3.47. The van der Waals surface area contributed by atoms with Crippen LogP contribution in [-0.2, 0) is 6.54 Å². The summed E-state index contributed by atoms with van der Waals surface area (Å²) < 4.78 is 5.67. The second-order valence-corrected chi connectivity index (χ2v) is 5.34. The molecule has 0 radical (unpaired) electrons. The van der Waals surface area contributed by atoms with Crippen LogP contribution in [0.4, 0.5) is 0 Å². The molecule has 2 N–H and O–H groups in total. The van der Waals surface area contributed by atoms with Crippen molar-refractivity contribution in [3.05, 3.63) is 29.8 Å². The first-order valence-corrected chi connectivity index (χ1v) is 6.87. The molecule has 1 aromatic rings. The van der Waals surface area contributed by atoms with Crippen LogP contribution in [0, 0.1) is 5.92 Å². The van der Waals surface area contributed by atoms with E-state index in [0.717, 1.165) is 31.8 Å². The van der Waals surface area contributed by atoms with Gasteiger partial charge in [0.1, 0.15) is 5.75 Å². The zero-order valence-electron chi connectivity index (χ0n) is 11.4. The molecule has 2 unspecified atom stereocenters. The number of nitrogens with two attached hydrogens (primary N) is 1. The molecule has 0 amide bonds. The molecule has 2 rings (SSSR count). The highest BCUT2D eigenvalue weighted by molar-refractivity contribution is 5.33. The Morgan fingerprint density at radius 2 is 2.11 bits per heavy atom. The summed E-state index contributed by atoms with van der Waals surface area (Å²) in [6.45, 7) is 8.08. The summed E-state index contributed by atoms with van der Waals surface area (Å²) in [5.41, 5.74) is 7.36. The van der Waals surface area contributed by atoms with Crippen LogP contribution in [0.2, 0.25) is 0 Å². The number of benzene rings is 1. The molecule has 1 aliphatic heterocycles. The van der Waals surface area contributed by atoms with Gasteiger partial charge in [0.15, 0.2) is 0 Å². The van der Waals surface area contributed by atoms with Crippen molar-refractivity contribution >= 4 is 0 Å². The number of likely N-dealkylation sites (tertiary alicyclic amines) is 1. The fraction of sp³-hybridized carbons (Fsp3) is 0.600. The molecule has 100 valence electrons. The van der Waals surface area contributed by atoms with Crippen molar-refractivity contribution in [3.8, 4) is 5.75 Å². The Hall–Kier alpha value is -1.06. The Bertz CT molecular complexity index is 371. The molecule has 0 aromatic heterocycles. The van der Waals surface area contributed by atoms with E-state index < -0.39 is 0 Å². The number of rotatable bonds is 4. The van der Waals surface area contributed by atoms with E-state index in [9.17, 15) is 0 Å². The van der Waals surface area contributed by atoms with E-state index in [-0.39, 0.29) is 0 Å². The normalized spacial score (nSPS) is 25.1. The minimum Gasteiger partial charge on any atom is -0.494 e. The summed E-state index contributed by atoms with van der Waals surface area (Å²) in [7, 11) is 0. The summed E-state index contributed by atoms with van der Waals surface area (Å²) in [6, 6.07) is 8.61. The fourth-order valence-electron chi connectivity index (χ4n) is 2.81. The van der Waals surface area contributed by atoms with Crippen molar-refractivity contribution in [2.75, 3.05) is 19.7 Å². The third-order valence-corrected chi connectivity index (χ3v) is 3.43. The highest BCUT2D eigenvalue weighted by Crippen LogP contribution is 2.23. The van der Waals surface area contributed by atoms with Crippen molar-refractivity contribution in [2.24, 2.45) is 11.7 Å². The summed E-state index contributed by atoms with van der Waals surface area (Å²) in [5, 5.41) is 0. The van der Waals surface area contributed by atoms with Crippen molar-refractivity contribution < 1.29 is 4.74 Å². The molecule has 1 aromatic carbocycles. The highest BCUT2D eigenvalue weighted by Gasteiger charge is 2.22. The van der Waals surface area contributed by atoms with Crippen molar-refractivity contribution in [2.45, 2.75) is 32.9 Å². The summed E-state index contributed by atoms with van der Waals surface area (Å²) in [5.74, 6) is 1.69. The molecule has 1 heterocycles. The van der Waals surface area contributed by atoms with Crippen LogP contribution in [0.25, 0.3) is 0 Å². The van der Waals surface area contributed by atoms with Crippen LogP contribution >= 0.6 is 0 Å². The molecule has 1 fully saturated rings. The molecule has 0 aliphatic carbocycles. The smallest absolute Gasteiger partial charge is 0.123 e. The molecular formula is C15H24N2O. The Labute approximate surface area is 110 Å². The van der Waals surface area contributed by atoms with Crippen LogP contribution < -0.4 is 10.5 Å². The van der Waals surface area contributed by atoms with Crippen LogP contribution in [-0.4, -0.2) is 30.6 Å². The van der Waals surface area contributed by atoms with Crippen molar-refractivity contribution in [1.29, 1.82) is 0 Å². The second kappa shape index (κ2) is 6.21. The van der Waals surface area contributed by atoms with Crippen molar-refractivity contribution in [1.82, 2.24) is 4.90 Å². The maximum absolute atomic E-state index is 6.09. The molecule has 1 saturated heterocycles. The predicted molar refractivity (Wildman–Crippen MR) is 74.6 cm³/mol. The van der Waals surface area contributed by atoms with Crippen LogP contribution in [0.3, 0.4) is 0 Å². The zero-order chi connectivity index (χ0) is 13.0. The van der Waals surface area contributed by atoms with Crippen LogP contribution in [0.5, 0.6) is 5.75 Å². The lowest BCUT2D eigenvalue weighted by atomic mass is 9.96. The van der Waals surface area contributed by atoms with Gasteiger partial charge in [-0.2, -0.15) is 0 Å². The van der Waals surface area contributed by atoms with Crippen LogP contribution in [0.15, 0.2) is 24.3 Å². The lowest BCUT2D eigenvalue weighted by Gasteiger charge is -2.35. The van der Waals surface area contributed by atoms with E-state index in [0.29, 0.717) is 18.6 Å². The first kappa shape index (κ1) is 13.4. The minimum atomic E-state index is 0.313. The van der Waals surface area contributed by atoms with E-state index in [1.807, 2.05) is 19.1 Å². The number of hydrogen-bond acceptors (Lipinski definition) is 3. The Morgan fingerprint density at radius 3 is 2.83 bits per heavy atom. The maximum atomic E-state index is 6.09. The number of piperidine rings is 1. The fourth-order valence-corrected chi connectivity index (χ4v) is 2.81. The first-order valence-electron chi connectivity index (χ1n) is 6.87. The summed E-state index contributed by atoms with van der Waals surface area (Å²) in [4.78, 5) is 2.44. The monoisotopic (exact) mass is 248 g/mol. The van der Waals surface area contributed by atoms with Gasteiger partial charge in [-0.25, -0.2) is 0 Å². The topological polar surface area (TPSA) is 38.5 Å². The quantitative estimate of drug-likeness (QED) is 0.888. The molecule has 0 spiro atoms. The van der Waals surface area contributed by atoms with E-state index in [1.54, 1.807) is 0 Å². The summed E-state index contributed by atoms with van der Waals surface area (Å²) >= 11 is 0. The van der Waals surface area contributed by atoms with Gasteiger partial charge in [0.2, 0.25) is 0 Å². The lowest BCUT2D eigenvalue weighted by Crippen LogP contribution is -2.45. The molecule has 0 saturated carbocycles. The van der Waals surface area contributed by atoms with E-state index in [1.165, 1.54) is 5.56 Å². The largest absolute Gasteiger partial charge is 0.494 e. The molecule has 1 aliphatic rings. The molecular weight excluding hydrogens is 224 g/mol. The highest BCUT2D eigenvalue weighted by atomic mass is 16.5. The Kier molecular flexibility index (Phi) is 4.61. The van der Waals surface area contributed by atoms with Gasteiger partial charge >= 0.3 is 0 Å². The van der Waals surface area contributed by atoms with E-state index >= 15 is 0 Å². The molecule has 2 atom stereocenters. The van der Waals surface area contributed by atoms with Gasteiger partial charge in [-0.05, 0) is 25.3 Å². The van der Waals surface area contributed by atoms with E-state index in [4.69, 9.17) is 10.5 Å². The van der Waals surface area contributed by atoms with Crippen LogP contribution in [0.1, 0.15) is 25.8 Å². The number of hydrogen-bond donors (Lipinski definition) is 1. The predicted octanol–water partition coefficient (Wildman–Crippen LogP) is 2.25. The lowest BCUT2D eigenvalue weighted by molar-refractivity contribution is 0.156.